The van der Waals surface area contributed by atoms with Gasteiger partial charge in [-0.2, -0.15) is 0 Å². The van der Waals surface area contributed by atoms with Gasteiger partial charge >= 0.3 is 0 Å². The van der Waals surface area contributed by atoms with E-state index >= 15 is 0 Å². The number of ether oxygens (including phenoxy) is 1. The van der Waals surface area contributed by atoms with E-state index in [1.165, 1.54) is 0 Å². The van der Waals surface area contributed by atoms with Gasteiger partial charge in [0.25, 0.3) is 0 Å². The molecule has 6 heteroatoms. The van der Waals surface area contributed by atoms with Gasteiger partial charge in [0.05, 0.1) is 25.0 Å². The summed E-state index contributed by atoms with van der Waals surface area (Å²) < 4.78 is 11.0. The van der Waals surface area contributed by atoms with Crippen molar-refractivity contribution in [3.63, 3.8) is 0 Å². The average molecular weight is 357 g/mol. The third-order valence-electron chi connectivity index (χ3n) is 3.35. The Labute approximate surface area is 150 Å². The number of amides is 1. The lowest BCUT2D eigenvalue weighted by atomic mass is 10.2. The van der Waals surface area contributed by atoms with Crippen molar-refractivity contribution in [1.82, 2.24) is 5.32 Å². The van der Waals surface area contributed by atoms with Crippen LogP contribution in [0.15, 0.2) is 71.3 Å². The highest BCUT2D eigenvalue weighted by atomic mass is 35.5. The number of rotatable bonds is 7. The van der Waals surface area contributed by atoms with Gasteiger partial charge in [0.15, 0.2) is 5.75 Å². The summed E-state index contributed by atoms with van der Waals surface area (Å²) in [5.41, 5.74) is 0.515. The molecule has 0 unspecified atom stereocenters. The Kier molecular flexibility index (Phi) is 5.72. The van der Waals surface area contributed by atoms with E-state index in [1.807, 2.05) is 36.4 Å². The smallest absolute Gasteiger partial charge is 0.238 e. The van der Waals surface area contributed by atoms with Crippen molar-refractivity contribution in [2.45, 2.75) is 6.54 Å². The van der Waals surface area contributed by atoms with E-state index in [4.69, 9.17) is 20.8 Å². The second-order valence-corrected chi connectivity index (χ2v) is 5.72. The summed E-state index contributed by atoms with van der Waals surface area (Å²) in [6.07, 6.45) is 1.59. The second kappa shape index (κ2) is 8.37. The van der Waals surface area contributed by atoms with Crippen LogP contribution in [0.5, 0.6) is 11.5 Å². The molecule has 5 nitrogen and oxygen atoms in total. The van der Waals surface area contributed by atoms with E-state index in [-0.39, 0.29) is 12.5 Å². The quantitative estimate of drug-likeness (QED) is 0.656. The molecule has 0 aliphatic rings. The normalized spacial score (nSPS) is 10.4. The summed E-state index contributed by atoms with van der Waals surface area (Å²) in [5.74, 6) is 1.77. The van der Waals surface area contributed by atoms with Crippen molar-refractivity contribution < 1.29 is 13.9 Å². The summed E-state index contributed by atoms with van der Waals surface area (Å²) in [5, 5.41) is 6.34. The molecule has 0 atom stereocenters. The first kappa shape index (κ1) is 17.1. The highest BCUT2D eigenvalue weighted by Crippen LogP contribution is 2.31. The maximum atomic E-state index is 12.2. The van der Waals surface area contributed by atoms with Gasteiger partial charge in [-0.1, -0.05) is 29.8 Å². The van der Waals surface area contributed by atoms with Gasteiger partial charge in [-0.15, -0.1) is 0 Å². The highest BCUT2D eigenvalue weighted by Gasteiger charge is 2.10. The van der Waals surface area contributed by atoms with Crippen LogP contribution in [0.4, 0.5) is 5.69 Å². The van der Waals surface area contributed by atoms with Crippen LogP contribution in [0.3, 0.4) is 0 Å². The van der Waals surface area contributed by atoms with Crippen LogP contribution in [0, 0.1) is 0 Å². The number of hydrogen-bond donors (Lipinski definition) is 2. The maximum absolute atomic E-state index is 12.2. The Balaban J connectivity index is 1.62. The number of furan rings is 1. The van der Waals surface area contributed by atoms with Crippen LogP contribution in [0.1, 0.15) is 5.76 Å². The Hall–Kier alpha value is -2.76. The summed E-state index contributed by atoms with van der Waals surface area (Å²) in [6.45, 7) is 0.612. The molecule has 1 heterocycles. The van der Waals surface area contributed by atoms with Crippen LogP contribution in [0.2, 0.25) is 5.02 Å². The van der Waals surface area contributed by atoms with E-state index in [2.05, 4.69) is 10.6 Å². The average Bonchev–Trinajstić information content (AvgIpc) is 3.12. The topological polar surface area (TPSA) is 63.5 Å². The fourth-order valence-electron chi connectivity index (χ4n) is 2.21. The van der Waals surface area contributed by atoms with Gasteiger partial charge in [0.2, 0.25) is 5.91 Å². The molecule has 0 fully saturated rings. The molecule has 0 saturated heterocycles. The van der Waals surface area contributed by atoms with Crippen LogP contribution in [0.25, 0.3) is 0 Å². The predicted molar refractivity (Wildman–Crippen MR) is 97.0 cm³/mol. The number of para-hydroxylation sites is 1. The lowest BCUT2D eigenvalue weighted by Gasteiger charge is -2.13. The minimum Gasteiger partial charge on any atom is -0.468 e. The number of carbonyl (C=O) groups is 1. The molecule has 0 aliphatic carbocycles. The van der Waals surface area contributed by atoms with E-state index < -0.39 is 0 Å². The highest BCUT2D eigenvalue weighted by molar-refractivity contribution is 6.31. The third kappa shape index (κ3) is 5.11. The maximum Gasteiger partial charge on any atom is 0.238 e. The third-order valence-corrected chi connectivity index (χ3v) is 3.59. The fourth-order valence-corrected chi connectivity index (χ4v) is 2.38. The molecule has 0 saturated carbocycles. The minimum atomic E-state index is -0.202. The Morgan fingerprint density at radius 1 is 1.08 bits per heavy atom. The molecule has 2 N–H and O–H groups in total. The van der Waals surface area contributed by atoms with E-state index in [0.29, 0.717) is 28.8 Å². The molecule has 0 bridgehead atoms. The summed E-state index contributed by atoms with van der Waals surface area (Å²) in [4.78, 5) is 12.2. The fraction of sp³-hybridized carbons (Fsp3) is 0.105. The molecule has 3 rings (SSSR count). The van der Waals surface area contributed by atoms with Crippen LogP contribution in [-0.2, 0) is 11.3 Å². The molecule has 0 spiro atoms. The Bertz CT molecular complexity index is 820. The van der Waals surface area contributed by atoms with Crippen LogP contribution < -0.4 is 15.4 Å². The zero-order chi connectivity index (χ0) is 17.5. The molecule has 2 aromatic carbocycles. The standard InChI is InChI=1S/C19H17ClN2O3/c20-14-8-9-18(25-15-5-2-1-3-6-15)17(11-14)22-19(23)13-21-12-16-7-4-10-24-16/h1-11,21H,12-13H2,(H,22,23). The molecule has 0 aliphatic heterocycles. The molecule has 25 heavy (non-hydrogen) atoms. The van der Waals surface area contributed by atoms with Gasteiger partial charge in [0, 0.05) is 5.02 Å². The molecule has 0 radical (unpaired) electrons. The Morgan fingerprint density at radius 2 is 1.92 bits per heavy atom. The second-order valence-electron chi connectivity index (χ2n) is 5.29. The monoisotopic (exact) mass is 356 g/mol. The zero-order valence-electron chi connectivity index (χ0n) is 13.4. The number of benzene rings is 2. The summed E-state index contributed by atoms with van der Waals surface area (Å²) in [7, 11) is 0. The van der Waals surface area contributed by atoms with Gasteiger partial charge in [0.1, 0.15) is 11.5 Å². The van der Waals surface area contributed by atoms with Crippen LogP contribution >= 0.6 is 11.6 Å². The van der Waals surface area contributed by atoms with Crippen molar-refractivity contribution in [2.24, 2.45) is 0 Å². The zero-order valence-corrected chi connectivity index (χ0v) is 14.1. The van der Waals surface area contributed by atoms with Gasteiger partial charge in [-0.25, -0.2) is 0 Å². The first-order valence-electron chi connectivity index (χ1n) is 7.76. The van der Waals surface area contributed by atoms with Crippen molar-refractivity contribution >= 4 is 23.2 Å². The first-order valence-corrected chi connectivity index (χ1v) is 8.14. The van der Waals surface area contributed by atoms with Crippen molar-refractivity contribution in [3.05, 3.63) is 77.7 Å². The molecular weight excluding hydrogens is 340 g/mol. The lowest BCUT2D eigenvalue weighted by Crippen LogP contribution is -2.27. The van der Waals surface area contributed by atoms with E-state index in [1.54, 1.807) is 30.5 Å². The minimum absolute atomic E-state index is 0.137. The van der Waals surface area contributed by atoms with Gasteiger partial charge in [-0.05, 0) is 42.5 Å². The molecule has 3 aromatic rings. The number of carbonyl (C=O) groups excluding carboxylic acids is 1. The predicted octanol–water partition coefficient (Wildman–Crippen LogP) is 4.45. The van der Waals surface area contributed by atoms with Crippen molar-refractivity contribution in [1.29, 1.82) is 0 Å². The van der Waals surface area contributed by atoms with Crippen molar-refractivity contribution in [3.8, 4) is 11.5 Å². The molecule has 128 valence electrons. The number of nitrogens with one attached hydrogen (secondary N) is 2. The van der Waals surface area contributed by atoms with Gasteiger partial charge in [-0.3, -0.25) is 4.79 Å². The lowest BCUT2D eigenvalue weighted by molar-refractivity contribution is -0.115. The molecule has 1 aromatic heterocycles. The number of anilines is 1. The molecule has 1 amide bonds. The van der Waals surface area contributed by atoms with Gasteiger partial charge < -0.3 is 19.8 Å². The SMILES string of the molecule is O=C(CNCc1ccco1)Nc1cc(Cl)ccc1Oc1ccccc1. The summed E-state index contributed by atoms with van der Waals surface area (Å²) >= 11 is 6.04. The summed E-state index contributed by atoms with van der Waals surface area (Å²) in [6, 6.07) is 18.1. The van der Waals surface area contributed by atoms with Crippen LogP contribution in [-0.4, -0.2) is 12.5 Å². The van der Waals surface area contributed by atoms with Crippen molar-refractivity contribution in [2.75, 3.05) is 11.9 Å². The Morgan fingerprint density at radius 3 is 2.68 bits per heavy atom. The van der Waals surface area contributed by atoms with E-state index in [0.717, 1.165) is 5.76 Å². The van der Waals surface area contributed by atoms with E-state index in [9.17, 15) is 4.79 Å². The first-order chi connectivity index (χ1) is 12.2. The number of halogens is 1. The molecular formula is C19H17ClN2O3. The largest absolute Gasteiger partial charge is 0.468 e. The number of hydrogen-bond acceptors (Lipinski definition) is 4.